The van der Waals surface area contributed by atoms with Gasteiger partial charge in [-0.2, -0.15) is 0 Å². The second-order valence-electron chi connectivity index (χ2n) is 13.3. The number of hydrogen-bond donors (Lipinski definition) is 2. The summed E-state index contributed by atoms with van der Waals surface area (Å²) in [6.45, 7) is 19.8. The Balaban J connectivity index is 1.40. The largest absolute Gasteiger partial charge is 0.390 e. The van der Waals surface area contributed by atoms with Crippen molar-refractivity contribution in [2.45, 2.75) is 102 Å². The second kappa shape index (κ2) is 7.59. The van der Waals surface area contributed by atoms with E-state index in [-0.39, 0.29) is 28.5 Å². The lowest BCUT2D eigenvalue weighted by atomic mass is 9.43. The van der Waals surface area contributed by atoms with Crippen molar-refractivity contribution in [2.75, 3.05) is 0 Å². The normalized spacial score (nSPS) is 40.5. The molecule has 8 atom stereocenters. The van der Waals surface area contributed by atoms with Crippen molar-refractivity contribution in [1.82, 2.24) is 4.98 Å². The van der Waals surface area contributed by atoms with E-state index in [9.17, 15) is 5.11 Å². The van der Waals surface area contributed by atoms with Gasteiger partial charge in [0, 0.05) is 27.4 Å². The molecule has 1 aliphatic heterocycles. The standard InChI is InChI=1S/C32H43NO2/c1-8-30(4,5)19-9-11-21-22-15-20-10-12-24-23-17-26(34)28(18(2)3)35-27(23)13-14-31(24,6)32(20,7)29(22)33-25(21)16-19/h8-9,11,16,20,23-24,26-28,33-34H,1-2,10,12-15,17H2,3-7H3/t20?,23?,24?,26?,27?,28-,31+,32-/m1/s1. The summed E-state index contributed by atoms with van der Waals surface area (Å²) >= 11 is 0. The second-order valence-corrected chi connectivity index (χ2v) is 13.3. The van der Waals surface area contributed by atoms with Crippen LogP contribution in [0.1, 0.15) is 83.5 Å². The van der Waals surface area contributed by atoms with Gasteiger partial charge >= 0.3 is 0 Å². The van der Waals surface area contributed by atoms with Gasteiger partial charge in [0.2, 0.25) is 0 Å². The van der Waals surface area contributed by atoms with Crippen LogP contribution in [0.5, 0.6) is 0 Å². The number of aliphatic hydroxyl groups excluding tert-OH is 1. The van der Waals surface area contributed by atoms with E-state index in [2.05, 4.69) is 64.0 Å². The topological polar surface area (TPSA) is 45.2 Å². The quantitative estimate of drug-likeness (QED) is 0.472. The fourth-order valence-corrected chi connectivity index (χ4v) is 8.97. The first-order chi connectivity index (χ1) is 16.5. The summed E-state index contributed by atoms with van der Waals surface area (Å²) in [7, 11) is 0. The van der Waals surface area contributed by atoms with Gasteiger partial charge in [0.25, 0.3) is 0 Å². The highest BCUT2D eigenvalue weighted by Gasteiger charge is 2.65. The highest BCUT2D eigenvalue weighted by molar-refractivity contribution is 5.87. The maximum atomic E-state index is 11.0. The number of allylic oxidation sites excluding steroid dienone is 1. The van der Waals surface area contributed by atoms with Crippen molar-refractivity contribution in [3.63, 3.8) is 0 Å². The van der Waals surface area contributed by atoms with E-state index < -0.39 is 6.10 Å². The molecule has 4 aliphatic rings. The zero-order valence-electron chi connectivity index (χ0n) is 22.3. The minimum absolute atomic E-state index is 0.0417. The number of fused-ring (bicyclic) bond motifs is 9. The predicted octanol–water partition coefficient (Wildman–Crippen LogP) is 6.98. The molecule has 3 heteroatoms. The van der Waals surface area contributed by atoms with Crippen LogP contribution in [-0.4, -0.2) is 28.4 Å². The molecule has 0 spiro atoms. The molecule has 6 rings (SSSR count). The van der Waals surface area contributed by atoms with Crippen LogP contribution in [0.3, 0.4) is 0 Å². The number of benzene rings is 1. The molecule has 0 bridgehead atoms. The molecule has 1 saturated heterocycles. The molecule has 1 aromatic carbocycles. The van der Waals surface area contributed by atoms with Crippen molar-refractivity contribution >= 4 is 10.9 Å². The van der Waals surface area contributed by atoms with Gasteiger partial charge in [-0.25, -0.2) is 0 Å². The van der Waals surface area contributed by atoms with E-state index in [1.54, 1.807) is 5.56 Å². The Morgan fingerprint density at radius 1 is 1.23 bits per heavy atom. The zero-order chi connectivity index (χ0) is 24.9. The van der Waals surface area contributed by atoms with Gasteiger partial charge in [-0.15, -0.1) is 6.58 Å². The van der Waals surface area contributed by atoms with E-state index in [0.29, 0.717) is 17.8 Å². The Morgan fingerprint density at radius 3 is 2.71 bits per heavy atom. The number of aromatic amines is 1. The maximum Gasteiger partial charge on any atom is 0.104 e. The average Bonchev–Trinajstić information content (AvgIpc) is 3.32. The molecule has 0 amide bonds. The van der Waals surface area contributed by atoms with Crippen molar-refractivity contribution in [1.29, 1.82) is 0 Å². The number of nitrogens with one attached hydrogen (secondary N) is 1. The minimum Gasteiger partial charge on any atom is -0.390 e. The fraction of sp³-hybridized carbons (Fsp3) is 0.625. The fourth-order valence-electron chi connectivity index (χ4n) is 8.97. The highest BCUT2D eigenvalue weighted by atomic mass is 16.5. The molecule has 2 N–H and O–H groups in total. The first-order valence-electron chi connectivity index (χ1n) is 13.8. The van der Waals surface area contributed by atoms with Crippen LogP contribution in [0.15, 0.2) is 43.0 Å². The number of aliphatic hydroxyl groups is 1. The van der Waals surface area contributed by atoms with Crippen LogP contribution in [-0.2, 0) is 22.0 Å². The summed E-state index contributed by atoms with van der Waals surface area (Å²) < 4.78 is 6.51. The zero-order valence-corrected chi connectivity index (χ0v) is 22.3. The Hall–Kier alpha value is -1.84. The van der Waals surface area contributed by atoms with E-state index in [0.717, 1.165) is 18.4 Å². The predicted molar refractivity (Wildman–Crippen MR) is 144 cm³/mol. The SMILES string of the molecule is C=CC(C)(C)c1ccc2c3c([nH]c2c1)[C@@]1(C)C(CCC2C4CC(O)[C@@H](C(=C)C)OC4CC[C@@]21C)C3. The summed E-state index contributed by atoms with van der Waals surface area (Å²) in [6.07, 6.45) is 8.51. The number of H-pyrrole nitrogens is 1. The molecule has 3 nitrogen and oxygen atoms in total. The van der Waals surface area contributed by atoms with Gasteiger partial charge in [0.15, 0.2) is 0 Å². The number of rotatable bonds is 3. The lowest BCUT2D eigenvalue weighted by Crippen LogP contribution is -2.61. The van der Waals surface area contributed by atoms with E-state index in [1.165, 1.54) is 47.8 Å². The molecule has 188 valence electrons. The van der Waals surface area contributed by atoms with Gasteiger partial charge in [0.1, 0.15) is 6.10 Å². The van der Waals surface area contributed by atoms with Crippen LogP contribution in [0.2, 0.25) is 0 Å². The maximum absolute atomic E-state index is 11.0. The van der Waals surface area contributed by atoms with Gasteiger partial charge < -0.3 is 14.8 Å². The molecule has 3 fully saturated rings. The summed E-state index contributed by atoms with van der Waals surface area (Å²) in [5.41, 5.74) is 6.89. The molecular weight excluding hydrogens is 430 g/mol. The van der Waals surface area contributed by atoms with Crippen LogP contribution in [0.25, 0.3) is 10.9 Å². The van der Waals surface area contributed by atoms with Crippen molar-refractivity contribution < 1.29 is 9.84 Å². The van der Waals surface area contributed by atoms with Gasteiger partial charge in [-0.05, 0) is 91.4 Å². The monoisotopic (exact) mass is 473 g/mol. The van der Waals surface area contributed by atoms with E-state index in [4.69, 9.17) is 4.74 Å². The summed E-state index contributed by atoms with van der Waals surface area (Å²) in [5, 5.41) is 12.4. The molecule has 35 heavy (non-hydrogen) atoms. The summed E-state index contributed by atoms with van der Waals surface area (Å²) in [6, 6.07) is 7.01. The smallest absolute Gasteiger partial charge is 0.104 e. The van der Waals surface area contributed by atoms with Crippen LogP contribution >= 0.6 is 0 Å². The summed E-state index contributed by atoms with van der Waals surface area (Å²) in [5.74, 6) is 1.70. The van der Waals surface area contributed by atoms with Crippen LogP contribution in [0.4, 0.5) is 0 Å². The number of hydrogen-bond acceptors (Lipinski definition) is 2. The van der Waals surface area contributed by atoms with Gasteiger partial charge in [-0.3, -0.25) is 0 Å². The Kier molecular flexibility index (Phi) is 5.10. The molecule has 3 aliphatic carbocycles. The van der Waals surface area contributed by atoms with Crippen LogP contribution < -0.4 is 0 Å². The molecule has 2 aromatic rings. The van der Waals surface area contributed by atoms with E-state index in [1.807, 2.05) is 13.0 Å². The Morgan fingerprint density at radius 2 is 2.00 bits per heavy atom. The lowest BCUT2D eigenvalue weighted by molar-refractivity contribution is -0.199. The molecule has 2 heterocycles. The van der Waals surface area contributed by atoms with Crippen molar-refractivity contribution in [2.24, 2.45) is 23.2 Å². The van der Waals surface area contributed by atoms with E-state index >= 15 is 0 Å². The van der Waals surface area contributed by atoms with Crippen molar-refractivity contribution in [3.05, 3.63) is 59.8 Å². The third-order valence-electron chi connectivity index (χ3n) is 11.4. The van der Waals surface area contributed by atoms with Crippen LogP contribution in [0, 0.1) is 23.2 Å². The third kappa shape index (κ3) is 3.04. The third-order valence-corrected chi connectivity index (χ3v) is 11.4. The molecule has 0 radical (unpaired) electrons. The van der Waals surface area contributed by atoms with Gasteiger partial charge in [0.05, 0.1) is 12.2 Å². The molecule has 5 unspecified atom stereocenters. The summed E-state index contributed by atoms with van der Waals surface area (Å²) in [4.78, 5) is 3.99. The highest BCUT2D eigenvalue weighted by Crippen LogP contribution is 2.68. The minimum atomic E-state index is -0.430. The molecule has 1 aromatic heterocycles. The number of aromatic nitrogens is 1. The first kappa shape index (κ1) is 23.6. The molecular formula is C32H43NO2. The average molecular weight is 474 g/mol. The molecule has 2 saturated carbocycles. The van der Waals surface area contributed by atoms with Gasteiger partial charge in [-0.1, -0.05) is 52.5 Å². The Bertz CT molecular complexity index is 1210. The van der Waals surface area contributed by atoms with Crippen molar-refractivity contribution in [3.8, 4) is 0 Å². The lowest BCUT2D eigenvalue weighted by Gasteiger charge is -2.63. The first-order valence-corrected chi connectivity index (χ1v) is 13.8. The Labute approximate surface area is 211 Å². The number of ether oxygens (including phenoxy) is 1.